The molecule has 0 aliphatic heterocycles. The van der Waals surface area contributed by atoms with Gasteiger partial charge in [0, 0.05) is 61.8 Å². The van der Waals surface area contributed by atoms with E-state index in [2.05, 4.69) is 164 Å². The lowest BCUT2D eigenvalue weighted by Crippen LogP contribution is -1.96. The van der Waals surface area contributed by atoms with Gasteiger partial charge < -0.3 is 13.7 Å². The van der Waals surface area contributed by atoms with E-state index < -0.39 is 0 Å². The third-order valence-electron chi connectivity index (χ3n) is 9.31. The van der Waals surface area contributed by atoms with Gasteiger partial charge in [0.1, 0.15) is 0 Å². The summed E-state index contributed by atoms with van der Waals surface area (Å²) in [6.07, 6.45) is 3.88. The summed E-state index contributed by atoms with van der Waals surface area (Å²) in [5.41, 5.74) is 10.6. The van der Waals surface area contributed by atoms with Crippen LogP contribution in [-0.2, 0) is 0 Å². The molecule has 45 heavy (non-hydrogen) atoms. The second-order valence-electron chi connectivity index (χ2n) is 11.7. The summed E-state index contributed by atoms with van der Waals surface area (Å²) in [6.45, 7) is 0. The first-order valence-corrected chi connectivity index (χ1v) is 15.3. The molecule has 0 radical (unpaired) electrons. The Morgan fingerprint density at radius 2 is 0.933 bits per heavy atom. The zero-order valence-electron chi connectivity index (χ0n) is 24.3. The Labute approximate surface area is 258 Å². The lowest BCUT2D eigenvalue weighted by Gasteiger charge is -2.11. The fourth-order valence-corrected chi connectivity index (χ4v) is 7.48. The molecule has 0 aliphatic carbocycles. The molecule has 0 bridgehead atoms. The van der Waals surface area contributed by atoms with Crippen LogP contribution < -0.4 is 0 Å². The van der Waals surface area contributed by atoms with Crippen molar-refractivity contribution in [2.75, 3.05) is 0 Å². The predicted molar refractivity (Wildman–Crippen MR) is 187 cm³/mol. The largest absolute Gasteiger partial charge is 0.309 e. The number of nitrogens with zero attached hydrogens (tertiary/aromatic N) is 4. The summed E-state index contributed by atoms with van der Waals surface area (Å²) in [4.78, 5) is 4.55. The molecule has 0 saturated carbocycles. The highest BCUT2D eigenvalue weighted by Gasteiger charge is 2.21. The van der Waals surface area contributed by atoms with E-state index in [0.717, 1.165) is 28.0 Å². The molecule has 0 N–H and O–H groups in total. The smallest absolute Gasteiger partial charge is 0.0641 e. The average molecular weight is 575 g/mol. The summed E-state index contributed by atoms with van der Waals surface area (Å²) >= 11 is 0. The van der Waals surface area contributed by atoms with Crippen LogP contribution in [0.3, 0.4) is 0 Å². The second-order valence-corrected chi connectivity index (χ2v) is 11.7. The van der Waals surface area contributed by atoms with Crippen LogP contribution in [0.1, 0.15) is 0 Å². The summed E-state index contributed by atoms with van der Waals surface area (Å²) in [5.74, 6) is 0. The lowest BCUT2D eigenvalue weighted by atomic mass is 10.1. The predicted octanol–water partition coefficient (Wildman–Crippen LogP) is 10.4. The van der Waals surface area contributed by atoms with E-state index in [1.807, 2.05) is 12.4 Å². The molecule has 0 spiro atoms. The van der Waals surface area contributed by atoms with Crippen LogP contribution in [0.2, 0.25) is 0 Å². The van der Waals surface area contributed by atoms with E-state index >= 15 is 0 Å². The van der Waals surface area contributed by atoms with E-state index in [1.165, 1.54) is 54.5 Å². The van der Waals surface area contributed by atoms with Crippen LogP contribution >= 0.6 is 0 Å². The van der Waals surface area contributed by atoms with Gasteiger partial charge in [0.25, 0.3) is 0 Å². The van der Waals surface area contributed by atoms with Crippen molar-refractivity contribution in [2.45, 2.75) is 0 Å². The maximum absolute atomic E-state index is 4.55. The van der Waals surface area contributed by atoms with Gasteiger partial charge in [-0.3, -0.25) is 4.98 Å². The first-order chi connectivity index (χ1) is 22.4. The van der Waals surface area contributed by atoms with E-state index in [4.69, 9.17) is 0 Å². The number of aromatic nitrogens is 4. The molecular weight excluding hydrogens is 548 g/mol. The molecule has 0 unspecified atom stereocenters. The normalized spacial score (nSPS) is 12.0. The molecule has 4 nitrogen and oxygen atoms in total. The SMILES string of the molecule is c1ccc(-n2c3ccncc3c3cc(-n4c5ccccc5c5ccc6c(c7ccccc7n6-c6ccccc6)c54)ccc32)cc1. The standard InChI is InChI=1S/C41H26N4/c1-3-11-27(12-4-1)43-37-21-19-29(25-33(37)34-26-42-24-23-38(34)43)45-35-17-9-7-15-30(35)31-20-22-39-40(41(31)45)32-16-8-10-18-36(32)44(39)28-13-5-2-6-14-28/h1-26H. The third kappa shape index (κ3) is 3.34. The molecule has 0 saturated heterocycles. The molecule has 4 heterocycles. The maximum atomic E-state index is 4.55. The van der Waals surface area contributed by atoms with Gasteiger partial charge in [0.05, 0.1) is 33.1 Å². The third-order valence-corrected chi connectivity index (χ3v) is 9.31. The van der Waals surface area contributed by atoms with Gasteiger partial charge in [-0.2, -0.15) is 0 Å². The van der Waals surface area contributed by atoms with Gasteiger partial charge in [-0.1, -0.05) is 78.9 Å². The van der Waals surface area contributed by atoms with E-state index in [1.54, 1.807) is 0 Å². The van der Waals surface area contributed by atoms with Gasteiger partial charge >= 0.3 is 0 Å². The molecule has 0 atom stereocenters. The molecule has 6 aromatic carbocycles. The van der Waals surface area contributed by atoms with Crippen molar-refractivity contribution in [2.24, 2.45) is 0 Å². The molecule has 0 amide bonds. The minimum atomic E-state index is 1.13. The van der Waals surface area contributed by atoms with Crippen LogP contribution in [-0.4, -0.2) is 18.7 Å². The summed E-state index contributed by atoms with van der Waals surface area (Å²) in [6, 6.07) is 52.5. The molecule has 0 fully saturated rings. The molecule has 4 heteroatoms. The number of benzene rings is 6. The van der Waals surface area contributed by atoms with Crippen molar-refractivity contribution >= 4 is 65.4 Å². The molecule has 210 valence electrons. The van der Waals surface area contributed by atoms with Crippen molar-refractivity contribution in [1.29, 1.82) is 0 Å². The second kappa shape index (κ2) is 9.18. The van der Waals surface area contributed by atoms with Gasteiger partial charge in [-0.15, -0.1) is 0 Å². The van der Waals surface area contributed by atoms with E-state index in [-0.39, 0.29) is 0 Å². The Kier molecular flexibility index (Phi) is 4.96. The van der Waals surface area contributed by atoms with Crippen molar-refractivity contribution in [3.05, 3.63) is 158 Å². The fraction of sp³-hybridized carbons (Fsp3) is 0. The van der Waals surface area contributed by atoms with Gasteiger partial charge in [-0.05, 0) is 66.7 Å². The van der Waals surface area contributed by atoms with Crippen LogP contribution in [0, 0.1) is 0 Å². The fourth-order valence-electron chi connectivity index (χ4n) is 7.48. The Morgan fingerprint density at radius 3 is 1.69 bits per heavy atom. The molecule has 0 aliphatic rings. The highest BCUT2D eigenvalue weighted by molar-refractivity contribution is 6.26. The number of rotatable bonds is 3. The zero-order chi connectivity index (χ0) is 29.5. The number of hydrogen-bond acceptors (Lipinski definition) is 1. The number of fused-ring (bicyclic) bond motifs is 10. The van der Waals surface area contributed by atoms with Crippen molar-refractivity contribution in [3.8, 4) is 17.1 Å². The highest BCUT2D eigenvalue weighted by atomic mass is 15.0. The van der Waals surface area contributed by atoms with Crippen LogP contribution in [0.15, 0.2) is 158 Å². The summed E-state index contributed by atoms with van der Waals surface area (Å²) in [7, 11) is 0. The zero-order valence-corrected chi connectivity index (χ0v) is 24.3. The first-order valence-electron chi connectivity index (χ1n) is 15.3. The molecular formula is C41H26N4. The lowest BCUT2D eigenvalue weighted by molar-refractivity contribution is 1.16. The topological polar surface area (TPSA) is 27.7 Å². The molecule has 4 aromatic heterocycles. The van der Waals surface area contributed by atoms with Crippen molar-refractivity contribution in [1.82, 2.24) is 18.7 Å². The van der Waals surface area contributed by atoms with Crippen LogP contribution in [0.5, 0.6) is 0 Å². The van der Waals surface area contributed by atoms with E-state index in [0.29, 0.717) is 0 Å². The quantitative estimate of drug-likeness (QED) is 0.206. The molecule has 10 rings (SSSR count). The minimum Gasteiger partial charge on any atom is -0.309 e. The summed E-state index contributed by atoms with van der Waals surface area (Å²) < 4.78 is 7.21. The van der Waals surface area contributed by atoms with Gasteiger partial charge in [-0.25, -0.2) is 0 Å². The monoisotopic (exact) mass is 574 g/mol. The number of para-hydroxylation sites is 4. The minimum absolute atomic E-state index is 1.13. The van der Waals surface area contributed by atoms with Crippen LogP contribution in [0.25, 0.3) is 82.5 Å². The van der Waals surface area contributed by atoms with E-state index in [9.17, 15) is 0 Å². The Hall–Kier alpha value is -6.13. The summed E-state index contributed by atoms with van der Waals surface area (Å²) in [5, 5.41) is 7.34. The average Bonchev–Trinajstić information content (AvgIpc) is 3.74. The number of hydrogen-bond donors (Lipinski definition) is 0. The Balaban J connectivity index is 1.36. The highest BCUT2D eigenvalue weighted by Crippen LogP contribution is 2.42. The first kappa shape index (κ1) is 24.3. The molecule has 10 aromatic rings. The van der Waals surface area contributed by atoms with Crippen LogP contribution in [0.4, 0.5) is 0 Å². The maximum Gasteiger partial charge on any atom is 0.0641 e. The Bertz CT molecular complexity index is 2750. The number of pyridine rings is 1. The van der Waals surface area contributed by atoms with Crippen molar-refractivity contribution < 1.29 is 0 Å². The Morgan fingerprint density at radius 1 is 0.356 bits per heavy atom. The van der Waals surface area contributed by atoms with Gasteiger partial charge in [0.15, 0.2) is 0 Å². The van der Waals surface area contributed by atoms with Gasteiger partial charge in [0.2, 0.25) is 0 Å². The van der Waals surface area contributed by atoms with Crippen molar-refractivity contribution in [3.63, 3.8) is 0 Å².